The highest BCUT2D eigenvalue weighted by Crippen LogP contribution is 2.75. The van der Waals surface area contributed by atoms with E-state index in [1.165, 1.54) is 13.8 Å². The summed E-state index contributed by atoms with van der Waals surface area (Å²) in [6.45, 7) is 12.2. The summed E-state index contributed by atoms with van der Waals surface area (Å²) < 4.78 is 57.4. The van der Waals surface area contributed by atoms with Crippen LogP contribution in [0.4, 0.5) is 0 Å². The molecule has 434 valence electrons. The van der Waals surface area contributed by atoms with Crippen LogP contribution in [-0.4, -0.2) is 167 Å². The van der Waals surface area contributed by atoms with Gasteiger partial charge in [-0.05, 0) is 88.2 Å². The smallest absolute Gasteiger partial charge is 0.348 e. The lowest BCUT2D eigenvalue weighted by atomic mass is 9.38. The van der Waals surface area contributed by atoms with Crippen molar-refractivity contribution in [2.24, 2.45) is 57.2 Å². The van der Waals surface area contributed by atoms with Crippen molar-refractivity contribution >= 4 is 59.3 Å². The number of hydrogen-bond donors (Lipinski definition) is 4. The van der Waals surface area contributed by atoms with Gasteiger partial charge in [-0.1, -0.05) is 25.0 Å². The van der Waals surface area contributed by atoms with Crippen LogP contribution in [0.2, 0.25) is 0 Å². The number of esters is 8. The molecule has 10 aliphatic rings. The molecule has 20 atom stereocenters. The third-order valence-electron chi connectivity index (χ3n) is 19.9. The van der Waals surface area contributed by atoms with E-state index >= 15 is 0 Å². The first kappa shape index (κ1) is 57.1. The number of allylic oxidation sites excluding steroid dienone is 6. The Morgan fingerprint density at radius 1 is 0.575 bits per heavy atom. The summed E-state index contributed by atoms with van der Waals surface area (Å²) in [5, 5.41) is 48.3. The lowest BCUT2D eigenvalue weighted by Crippen LogP contribution is -2.79. The second kappa shape index (κ2) is 19.2. The number of carbonyl (C=O) groups excluding carboxylic acids is 10. The molecule has 4 bridgehead atoms. The number of aliphatic hydroxyl groups is 4. The van der Waals surface area contributed by atoms with Crippen molar-refractivity contribution in [1.82, 2.24) is 0 Å². The van der Waals surface area contributed by atoms with E-state index in [0.717, 1.165) is 26.4 Å². The average molecular weight is 1120 g/mol. The summed E-state index contributed by atoms with van der Waals surface area (Å²) >= 11 is 0. The zero-order chi connectivity index (χ0) is 58.5. The fraction of sp³-hybridized carbons (Fsp3) is 0.679. The first-order chi connectivity index (χ1) is 37.5. The summed E-state index contributed by atoms with van der Waals surface area (Å²) in [4.78, 5) is 138. The molecule has 80 heavy (non-hydrogen) atoms. The van der Waals surface area contributed by atoms with Crippen molar-refractivity contribution in [3.8, 4) is 0 Å². The number of ether oxygens (including phenoxy) is 10. The van der Waals surface area contributed by atoms with Gasteiger partial charge in [-0.3, -0.25) is 19.2 Å². The van der Waals surface area contributed by atoms with Gasteiger partial charge in [0, 0.05) is 47.7 Å². The molecule has 0 aromatic rings. The Kier molecular flexibility index (Phi) is 13.7. The molecular weight excluding hydrogens is 1060 g/mol. The third kappa shape index (κ3) is 7.52. The van der Waals surface area contributed by atoms with Gasteiger partial charge in [0.1, 0.15) is 24.4 Å². The van der Waals surface area contributed by atoms with Gasteiger partial charge < -0.3 is 67.8 Å². The molecule has 2 spiro atoms. The van der Waals surface area contributed by atoms with E-state index in [1.807, 2.05) is 0 Å². The number of methoxy groups -OCH3 is 2. The molecule has 4 unspecified atom stereocenters. The molecule has 10 rings (SSSR count). The maximum absolute atomic E-state index is 14.3. The van der Waals surface area contributed by atoms with Crippen LogP contribution in [0.25, 0.3) is 0 Å². The van der Waals surface area contributed by atoms with Crippen LogP contribution in [0.15, 0.2) is 46.0 Å². The zero-order valence-corrected chi connectivity index (χ0v) is 45.8. The average Bonchev–Trinajstić information content (AvgIpc) is 2.68. The largest absolute Gasteiger partial charge is 0.467 e. The van der Waals surface area contributed by atoms with Gasteiger partial charge in [0.2, 0.25) is 23.4 Å². The molecule has 4 saturated carbocycles. The molecule has 0 aromatic heterocycles. The third-order valence-corrected chi connectivity index (χ3v) is 19.9. The normalized spacial score (nSPS) is 43.4. The number of Topliss-reactive ketones (excluding diaryl/α,β-unsaturated/α-hetero) is 2. The van der Waals surface area contributed by atoms with Crippen LogP contribution < -0.4 is 0 Å². The Balaban J connectivity index is 0.877. The van der Waals surface area contributed by atoms with Crippen LogP contribution >= 0.6 is 0 Å². The summed E-state index contributed by atoms with van der Waals surface area (Å²) in [7, 11) is 2.07. The van der Waals surface area contributed by atoms with Gasteiger partial charge in [-0.25, -0.2) is 28.8 Å². The second-order valence-corrected chi connectivity index (χ2v) is 24.4. The van der Waals surface area contributed by atoms with Crippen LogP contribution in [0.1, 0.15) is 93.9 Å². The molecule has 0 radical (unpaired) electrons. The Labute approximate surface area is 458 Å². The second-order valence-electron chi connectivity index (χ2n) is 24.4. The van der Waals surface area contributed by atoms with Crippen molar-refractivity contribution in [1.29, 1.82) is 0 Å². The standard InChI is InChI=1S/C56H66O24/c1-21(2)13-33(61)79-39-43-53-19-73-55(43,49(69)71-9)45(65)35(63)41(53)51(7)17-27(57)37(23(5)25(51)15-29(53)75-47(39)67)77-31(59)11-12-32(60)78-38-24(6)26-16-30-54-20-74-56(50(70)72-10,46(66)36(64)42(54)52(26,8)18-28(38)58)44(54)40(48(68)76-30)80-34(62)14-22(3)4/h13-14,25-26,29-30,35-36,39-46,63-66H,11-12,15-20H2,1-10H3/t25-,26-,29+,30+,35+,36+,39?,40?,41+,42+,43+,44+,45-,46-,51-,52-,53?,54?,55-,56+/m0/s1. The van der Waals surface area contributed by atoms with E-state index in [9.17, 15) is 68.4 Å². The van der Waals surface area contributed by atoms with Crippen molar-refractivity contribution in [2.45, 2.75) is 154 Å². The van der Waals surface area contributed by atoms with Crippen molar-refractivity contribution in [3.63, 3.8) is 0 Å². The molecule has 24 nitrogen and oxygen atoms in total. The van der Waals surface area contributed by atoms with E-state index in [1.54, 1.807) is 41.5 Å². The van der Waals surface area contributed by atoms with Crippen molar-refractivity contribution < 1.29 is 116 Å². The monoisotopic (exact) mass is 1120 g/mol. The molecule has 4 heterocycles. The maximum atomic E-state index is 14.3. The van der Waals surface area contributed by atoms with E-state index in [-0.39, 0.29) is 48.7 Å². The zero-order valence-electron chi connectivity index (χ0n) is 45.8. The Morgan fingerprint density at radius 3 is 1.25 bits per heavy atom. The van der Waals surface area contributed by atoms with Crippen LogP contribution in [-0.2, 0) is 95.3 Å². The van der Waals surface area contributed by atoms with Gasteiger partial charge in [0.05, 0.1) is 64.3 Å². The molecule has 0 amide bonds. The number of carbonyl (C=O) groups is 10. The van der Waals surface area contributed by atoms with Crippen LogP contribution in [0.3, 0.4) is 0 Å². The summed E-state index contributed by atoms with van der Waals surface area (Å²) in [5.74, 6) is -17.2. The summed E-state index contributed by atoms with van der Waals surface area (Å²) in [6, 6.07) is 0. The molecule has 4 aliphatic heterocycles. The number of hydrogen-bond acceptors (Lipinski definition) is 24. The van der Waals surface area contributed by atoms with Crippen molar-refractivity contribution in [3.05, 3.63) is 46.0 Å². The number of rotatable bonds is 11. The van der Waals surface area contributed by atoms with Gasteiger partial charge in [0.25, 0.3) is 0 Å². The minimum absolute atomic E-state index is 0.0536. The highest BCUT2D eigenvalue weighted by atomic mass is 16.6. The molecule has 4 saturated heterocycles. The Morgan fingerprint density at radius 2 is 0.925 bits per heavy atom. The van der Waals surface area contributed by atoms with E-state index in [0.29, 0.717) is 11.1 Å². The number of fused-ring (bicyclic) bond motifs is 4. The lowest BCUT2D eigenvalue weighted by Gasteiger charge is -2.67. The van der Waals surface area contributed by atoms with Crippen LogP contribution in [0, 0.1) is 57.2 Å². The molecule has 24 heteroatoms. The first-order valence-corrected chi connectivity index (χ1v) is 26.7. The number of ketones is 2. The quantitative estimate of drug-likeness (QED) is 0.126. The Bertz CT molecular complexity index is 2750. The van der Waals surface area contributed by atoms with E-state index in [2.05, 4.69) is 0 Å². The van der Waals surface area contributed by atoms with E-state index < -0.39 is 202 Å². The first-order valence-electron chi connectivity index (χ1n) is 26.7. The topological polar surface area (TPSA) is 344 Å². The van der Waals surface area contributed by atoms with Gasteiger partial charge in [0.15, 0.2) is 23.1 Å². The van der Waals surface area contributed by atoms with Gasteiger partial charge in [-0.2, -0.15) is 0 Å². The maximum Gasteiger partial charge on any atom is 0.348 e. The summed E-state index contributed by atoms with van der Waals surface area (Å²) in [6.07, 6.45) is -13.6. The minimum atomic E-state index is -2.39. The van der Waals surface area contributed by atoms with E-state index in [4.69, 9.17) is 47.4 Å². The molecular formula is C56H66O24. The van der Waals surface area contributed by atoms with Crippen molar-refractivity contribution in [2.75, 3.05) is 27.4 Å². The predicted octanol–water partition coefficient (Wildman–Crippen LogP) is 0.798. The predicted molar refractivity (Wildman–Crippen MR) is 261 cm³/mol. The molecule has 8 fully saturated rings. The Hall–Kier alpha value is -6.18. The highest BCUT2D eigenvalue weighted by Gasteiger charge is 2.87. The molecule has 0 aromatic carbocycles. The van der Waals surface area contributed by atoms with Gasteiger partial charge in [-0.15, -0.1) is 0 Å². The fourth-order valence-electron chi connectivity index (χ4n) is 17.3. The molecule has 6 aliphatic carbocycles. The number of aliphatic hydroxyl groups excluding tert-OH is 4. The molecule has 4 N–H and O–H groups in total. The fourth-order valence-corrected chi connectivity index (χ4v) is 17.3. The van der Waals surface area contributed by atoms with Crippen LogP contribution in [0.5, 0.6) is 0 Å². The summed E-state index contributed by atoms with van der Waals surface area (Å²) in [5.41, 5.74) is -8.93. The lowest BCUT2D eigenvalue weighted by molar-refractivity contribution is -0.290. The highest BCUT2D eigenvalue weighted by molar-refractivity contribution is 6.00. The SMILES string of the molecule is COC(=O)[C@@]12OCC34[C@H]1C(OC(=O)C=C(C)C)C(=O)O[C@@H]3C[C@H]1C(C)=C(OC(=O)CCC(=O)OC3=C(C)[C@@H]5C[C@H]6OC(=O)C(OC(=O)C=C(C)C)[C@@H]7C68CO[C@]7(C(=O)OC)[C@@H](O)[C@H](O)[C@@H]8[C@@]5(C)CC3=O)C(=O)C[C@]1(C)[C@H]4[C@@H](O)[C@@H]2O. The minimum Gasteiger partial charge on any atom is -0.467 e. The van der Waals surface area contributed by atoms with Gasteiger partial charge >= 0.3 is 47.8 Å².